The molecule has 7 nitrogen and oxygen atoms in total. The lowest BCUT2D eigenvalue weighted by Gasteiger charge is -2.22. The van der Waals surface area contributed by atoms with E-state index in [2.05, 4.69) is 31.9 Å². The second-order valence-electron chi connectivity index (χ2n) is 5.75. The molecule has 7 heteroatoms. The maximum atomic E-state index is 12.7. The van der Waals surface area contributed by atoms with Crippen LogP contribution in [0.3, 0.4) is 0 Å². The van der Waals surface area contributed by atoms with Crippen LogP contribution in [-0.2, 0) is 13.0 Å². The summed E-state index contributed by atoms with van der Waals surface area (Å²) in [6.07, 6.45) is 8.05. The molecule has 1 amide bonds. The predicted octanol–water partition coefficient (Wildman–Crippen LogP) is 2.46. The number of H-pyrrole nitrogens is 1. The first-order chi connectivity index (χ1) is 11.2. The van der Waals surface area contributed by atoms with Crippen molar-refractivity contribution in [3.8, 4) is 11.4 Å². The van der Waals surface area contributed by atoms with E-state index in [9.17, 15) is 4.79 Å². The van der Waals surface area contributed by atoms with Gasteiger partial charge in [-0.2, -0.15) is 5.10 Å². The van der Waals surface area contributed by atoms with Crippen LogP contribution in [0, 0.1) is 0 Å². The van der Waals surface area contributed by atoms with E-state index in [4.69, 9.17) is 0 Å². The molecule has 0 fully saturated rings. The number of hydrogen-bond donors (Lipinski definition) is 2. The van der Waals surface area contributed by atoms with Gasteiger partial charge in [0.15, 0.2) is 0 Å². The van der Waals surface area contributed by atoms with Crippen LogP contribution in [0.2, 0.25) is 0 Å². The monoisotopic (exact) mass is 310 g/mol. The van der Waals surface area contributed by atoms with Crippen LogP contribution in [-0.4, -0.2) is 30.2 Å². The Labute approximate surface area is 133 Å². The zero-order valence-electron chi connectivity index (χ0n) is 13.1. The number of imidazole rings is 1. The minimum absolute atomic E-state index is 0.151. The van der Waals surface area contributed by atoms with Crippen molar-refractivity contribution in [2.45, 2.75) is 32.9 Å². The Morgan fingerprint density at radius 3 is 3.17 bits per heavy atom. The second kappa shape index (κ2) is 5.12. The number of hydrogen-bond acceptors (Lipinski definition) is 3. The predicted molar refractivity (Wildman–Crippen MR) is 86.3 cm³/mol. The minimum Gasteiger partial charge on any atom is -0.364 e. The van der Waals surface area contributed by atoms with Gasteiger partial charge in [-0.05, 0) is 13.8 Å². The van der Waals surface area contributed by atoms with Gasteiger partial charge in [-0.1, -0.05) is 0 Å². The van der Waals surface area contributed by atoms with Crippen LogP contribution in [0.5, 0.6) is 0 Å². The van der Waals surface area contributed by atoms with E-state index in [1.807, 2.05) is 13.1 Å². The largest absolute Gasteiger partial charge is 0.364 e. The quantitative estimate of drug-likeness (QED) is 0.780. The molecule has 4 rings (SSSR count). The summed E-state index contributed by atoms with van der Waals surface area (Å²) in [5.74, 6) is 1.39. The molecule has 0 unspecified atom stereocenters. The molecule has 1 aliphatic rings. The lowest BCUT2D eigenvalue weighted by atomic mass is 10.0. The number of aryl methyl sites for hydroxylation is 1. The van der Waals surface area contributed by atoms with Gasteiger partial charge in [0.1, 0.15) is 11.6 Å². The van der Waals surface area contributed by atoms with E-state index >= 15 is 0 Å². The first kappa shape index (κ1) is 13.8. The van der Waals surface area contributed by atoms with Crippen LogP contribution in [0.4, 0.5) is 5.82 Å². The molecule has 0 saturated carbocycles. The highest BCUT2D eigenvalue weighted by Gasteiger charge is 2.28. The third-order valence-corrected chi connectivity index (χ3v) is 4.33. The summed E-state index contributed by atoms with van der Waals surface area (Å²) in [6.45, 7) is 4.84. The van der Waals surface area contributed by atoms with Crippen LogP contribution in [0.15, 0.2) is 30.9 Å². The number of fused-ring (bicyclic) bond motifs is 3. The van der Waals surface area contributed by atoms with Crippen molar-refractivity contribution in [1.82, 2.24) is 24.3 Å². The number of nitrogens with zero attached hydrogens (tertiary/aromatic N) is 4. The van der Waals surface area contributed by atoms with Gasteiger partial charge in [-0.3, -0.25) is 4.79 Å². The standard InChI is InChI=1S/C16H18N6O/c1-3-22-13(4-5-19-22)20-16(23)11-9-18-12-8-10(2)21-7-6-17-15(21)14(11)12/h4-7,9-10,18H,3,8H2,1-2H3,(H,20,23)/t10-/m1/s1. The Balaban J connectivity index is 1.71. The van der Waals surface area contributed by atoms with Crippen molar-refractivity contribution < 1.29 is 4.79 Å². The van der Waals surface area contributed by atoms with Crippen molar-refractivity contribution in [1.29, 1.82) is 0 Å². The molecule has 3 aromatic heterocycles. The lowest BCUT2D eigenvalue weighted by Crippen LogP contribution is -2.19. The molecule has 0 saturated heterocycles. The maximum Gasteiger partial charge on any atom is 0.259 e. The van der Waals surface area contributed by atoms with Crippen molar-refractivity contribution in [3.05, 3.63) is 42.1 Å². The summed E-state index contributed by atoms with van der Waals surface area (Å²) in [6, 6.07) is 2.12. The summed E-state index contributed by atoms with van der Waals surface area (Å²) in [4.78, 5) is 20.4. The van der Waals surface area contributed by atoms with Crippen molar-refractivity contribution in [2.75, 3.05) is 5.32 Å². The zero-order valence-corrected chi connectivity index (χ0v) is 13.1. The van der Waals surface area contributed by atoms with Gasteiger partial charge in [0.2, 0.25) is 0 Å². The number of carbonyl (C=O) groups is 1. The average Bonchev–Trinajstić information content (AvgIpc) is 3.25. The fraction of sp³-hybridized carbons (Fsp3) is 0.312. The highest BCUT2D eigenvalue weighted by atomic mass is 16.1. The van der Waals surface area contributed by atoms with Gasteiger partial charge < -0.3 is 14.9 Å². The Hall–Kier alpha value is -2.83. The molecule has 0 spiro atoms. The molecule has 0 radical (unpaired) electrons. The smallest absolute Gasteiger partial charge is 0.259 e. The number of anilines is 1. The summed E-state index contributed by atoms with van der Waals surface area (Å²) in [5, 5.41) is 7.10. The highest BCUT2D eigenvalue weighted by Crippen LogP contribution is 2.35. The van der Waals surface area contributed by atoms with Crippen LogP contribution in [0.25, 0.3) is 11.4 Å². The number of carbonyl (C=O) groups excluding carboxylic acids is 1. The fourth-order valence-electron chi connectivity index (χ4n) is 3.19. The van der Waals surface area contributed by atoms with Gasteiger partial charge in [-0.25, -0.2) is 9.67 Å². The van der Waals surface area contributed by atoms with E-state index in [-0.39, 0.29) is 5.91 Å². The molecule has 118 valence electrons. The van der Waals surface area contributed by atoms with E-state index in [0.29, 0.717) is 24.0 Å². The number of amides is 1. The number of rotatable bonds is 3. The Bertz CT molecular complexity index is 871. The molecule has 4 heterocycles. The van der Waals surface area contributed by atoms with E-state index in [0.717, 1.165) is 23.5 Å². The average molecular weight is 310 g/mol. The summed E-state index contributed by atoms with van der Waals surface area (Å²) < 4.78 is 3.86. The summed E-state index contributed by atoms with van der Waals surface area (Å²) in [5.41, 5.74) is 2.57. The minimum atomic E-state index is -0.151. The molecule has 2 N–H and O–H groups in total. The van der Waals surface area contributed by atoms with Gasteiger partial charge in [-0.15, -0.1) is 0 Å². The Morgan fingerprint density at radius 1 is 1.48 bits per heavy atom. The number of aromatic nitrogens is 5. The second-order valence-corrected chi connectivity index (χ2v) is 5.75. The van der Waals surface area contributed by atoms with Crippen LogP contribution in [0.1, 0.15) is 35.9 Å². The van der Waals surface area contributed by atoms with Crippen molar-refractivity contribution in [3.63, 3.8) is 0 Å². The maximum absolute atomic E-state index is 12.7. The zero-order chi connectivity index (χ0) is 16.0. The van der Waals surface area contributed by atoms with Crippen molar-refractivity contribution in [2.24, 2.45) is 0 Å². The normalized spacial score (nSPS) is 16.0. The summed E-state index contributed by atoms with van der Waals surface area (Å²) in [7, 11) is 0. The third kappa shape index (κ3) is 2.08. The number of aromatic amines is 1. The van der Waals surface area contributed by atoms with Gasteiger partial charge in [0.05, 0.1) is 17.3 Å². The molecule has 1 aliphatic heterocycles. The SMILES string of the molecule is CCn1nccc1NC(=O)c1c[nH]c2c1-c1nccn1[C@H](C)C2. The molecule has 0 bridgehead atoms. The lowest BCUT2D eigenvalue weighted by molar-refractivity contribution is 0.102. The molecule has 0 aliphatic carbocycles. The van der Waals surface area contributed by atoms with Gasteiger partial charge >= 0.3 is 0 Å². The topological polar surface area (TPSA) is 80.5 Å². The van der Waals surface area contributed by atoms with E-state index in [1.54, 1.807) is 29.3 Å². The third-order valence-electron chi connectivity index (χ3n) is 4.33. The molecule has 1 atom stereocenters. The summed E-state index contributed by atoms with van der Waals surface area (Å²) >= 11 is 0. The fourth-order valence-corrected chi connectivity index (χ4v) is 3.19. The van der Waals surface area contributed by atoms with Crippen molar-refractivity contribution >= 4 is 11.7 Å². The molecule has 0 aromatic carbocycles. The Kier molecular flexibility index (Phi) is 3.07. The number of nitrogens with one attached hydrogen (secondary N) is 2. The first-order valence-electron chi connectivity index (χ1n) is 7.75. The Morgan fingerprint density at radius 2 is 2.35 bits per heavy atom. The van der Waals surface area contributed by atoms with E-state index in [1.165, 1.54) is 0 Å². The van der Waals surface area contributed by atoms with E-state index < -0.39 is 0 Å². The molecule has 23 heavy (non-hydrogen) atoms. The van der Waals surface area contributed by atoms with Gasteiger partial charge in [0, 0.05) is 49.4 Å². The molecular formula is C16H18N6O. The molecular weight excluding hydrogens is 292 g/mol. The van der Waals surface area contributed by atoms with Gasteiger partial charge in [0.25, 0.3) is 5.91 Å². The molecule has 3 aromatic rings. The van der Waals surface area contributed by atoms with Crippen LogP contribution < -0.4 is 5.32 Å². The van der Waals surface area contributed by atoms with Crippen LogP contribution >= 0.6 is 0 Å². The highest BCUT2D eigenvalue weighted by molar-refractivity contribution is 6.08. The first-order valence-corrected chi connectivity index (χ1v) is 7.75.